The molecule has 3 rings (SSSR count). The first kappa shape index (κ1) is 23.5. The number of nitrogens with one attached hydrogen (secondary N) is 1. The molecule has 31 heavy (non-hydrogen) atoms. The quantitative estimate of drug-likeness (QED) is 0.134. The molecule has 1 aromatic heterocycles. The number of ether oxygens (including phenoxy) is 1. The van der Waals surface area contributed by atoms with Crippen molar-refractivity contribution >= 4 is 58.1 Å². The van der Waals surface area contributed by atoms with Gasteiger partial charge in [0.2, 0.25) is 0 Å². The molecule has 9 heteroatoms. The average Bonchev–Trinajstić information content (AvgIpc) is 2.72. The normalized spacial score (nSPS) is 11.0. The van der Waals surface area contributed by atoms with Crippen molar-refractivity contribution in [3.63, 3.8) is 0 Å². The van der Waals surface area contributed by atoms with Gasteiger partial charge in [-0.25, -0.2) is 15.4 Å². The van der Waals surface area contributed by atoms with Crippen LogP contribution in [0.25, 0.3) is 0 Å². The number of carbonyl (C=O) groups is 1. The van der Waals surface area contributed by atoms with Crippen LogP contribution >= 0.6 is 46.0 Å². The van der Waals surface area contributed by atoms with Crippen LogP contribution in [-0.4, -0.2) is 27.8 Å². The van der Waals surface area contributed by atoms with Crippen molar-refractivity contribution < 1.29 is 9.53 Å². The number of thioether (sulfide) groups is 1. The first-order valence-corrected chi connectivity index (χ1v) is 11.8. The molecule has 1 amide bonds. The molecule has 3 aromatic rings. The minimum Gasteiger partial charge on any atom is -0.488 e. The molecule has 0 aliphatic carbocycles. The number of hydrazone groups is 1. The van der Waals surface area contributed by atoms with Gasteiger partial charge in [0.25, 0.3) is 5.91 Å². The van der Waals surface area contributed by atoms with Gasteiger partial charge in [0, 0.05) is 16.4 Å². The Labute approximate surface area is 204 Å². The molecular weight excluding hydrogens is 547 g/mol. The number of carbonyl (C=O) groups excluding carboxylic acids is 1. The van der Waals surface area contributed by atoms with Crippen LogP contribution in [0, 0.1) is 17.4 Å². The first-order chi connectivity index (χ1) is 14.9. The number of halogens is 2. The summed E-state index contributed by atoms with van der Waals surface area (Å²) in [6, 6.07) is 15.1. The summed E-state index contributed by atoms with van der Waals surface area (Å²) in [5, 5.41) is 5.31. The highest BCUT2D eigenvalue weighted by atomic mass is 127. The molecule has 0 unspecified atom stereocenters. The van der Waals surface area contributed by atoms with Crippen molar-refractivity contribution in [2.24, 2.45) is 5.10 Å². The molecule has 0 bridgehead atoms. The van der Waals surface area contributed by atoms with E-state index in [-0.39, 0.29) is 11.7 Å². The van der Waals surface area contributed by atoms with Crippen molar-refractivity contribution in [3.05, 3.63) is 79.6 Å². The fraction of sp³-hybridized carbons (Fsp3) is 0.182. The summed E-state index contributed by atoms with van der Waals surface area (Å²) in [7, 11) is 0. The molecule has 0 radical (unpaired) electrons. The summed E-state index contributed by atoms with van der Waals surface area (Å²) >= 11 is 9.39. The van der Waals surface area contributed by atoms with Crippen LogP contribution in [0.3, 0.4) is 0 Å². The molecule has 1 heterocycles. The Kier molecular flexibility index (Phi) is 8.68. The SMILES string of the molecule is Cc1cc(C)nc(SCC(=O)N/N=C\c2ccc(OCc3ccc(Cl)cc3)c(I)c2)n1. The standard InChI is InChI=1S/C22H20ClIN4O2S/c1-14-9-15(2)27-22(26-14)31-13-21(29)28-25-11-17-5-8-20(19(24)10-17)30-12-16-3-6-18(23)7-4-16/h3-11H,12-13H2,1-2H3,(H,28,29)/b25-11-. The fourth-order valence-electron chi connectivity index (χ4n) is 2.56. The lowest BCUT2D eigenvalue weighted by Crippen LogP contribution is -2.19. The highest BCUT2D eigenvalue weighted by Gasteiger charge is 2.06. The zero-order valence-electron chi connectivity index (χ0n) is 16.9. The molecule has 160 valence electrons. The minimum absolute atomic E-state index is 0.190. The maximum absolute atomic E-state index is 12.0. The van der Waals surface area contributed by atoms with Crippen molar-refractivity contribution in [2.75, 3.05) is 5.75 Å². The summed E-state index contributed by atoms with van der Waals surface area (Å²) in [6.45, 7) is 4.26. The van der Waals surface area contributed by atoms with Gasteiger partial charge < -0.3 is 4.74 Å². The topological polar surface area (TPSA) is 76.5 Å². The number of amides is 1. The Bertz CT molecular complexity index is 1070. The lowest BCUT2D eigenvalue weighted by molar-refractivity contribution is -0.118. The molecule has 0 saturated carbocycles. The van der Waals surface area contributed by atoms with Gasteiger partial charge in [0.05, 0.1) is 15.5 Å². The van der Waals surface area contributed by atoms with E-state index in [1.807, 2.05) is 62.4 Å². The van der Waals surface area contributed by atoms with Gasteiger partial charge in [-0.05, 0) is 84.0 Å². The highest BCUT2D eigenvalue weighted by Crippen LogP contribution is 2.23. The van der Waals surface area contributed by atoms with Crippen molar-refractivity contribution in [1.82, 2.24) is 15.4 Å². The maximum Gasteiger partial charge on any atom is 0.250 e. The van der Waals surface area contributed by atoms with Gasteiger partial charge in [0.15, 0.2) is 5.16 Å². The van der Waals surface area contributed by atoms with E-state index in [0.717, 1.165) is 31.8 Å². The number of benzene rings is 2. The Hall–Kier alpha value is -2.17. The van der Waals surface area contributed by atoms with Crippen LogP contribution in [0.15, 0.2) is 58.8 Å². The van der Waals surface area contributed by atoms with E-state index in [1.54, 1.807) is 6.21 Å². The first-order valence-electron chi connectivity index (χ1n) is 9.33. The van der Waals surface area contributed by atoms with Crippen LogP contribution < -0.4 is 10.2 Å². The number of hydrogen-bond donors (Lipinski definition) is 1. The molecule has 0 saturated heterocycles. The smallest absolute Gasteiger partial charge is 0.250 e. The van der Waals surface area contributed by atoms with Gasteiger partial charge in [-0.15, -0.1) is 0 Å². The molecule has 0 fully saturated rings. The Morgan fingerprint density at radius 1 is 1.16 bits per heavy atom. The van der Waals surface area contributed by atoms with E-state index >= 15 is 0 Å². The van der Waals surface area contributed by atoms with Gasteiger partial charge in [0.1, 0.15) is 12.4 Å². The summed E-state index contributed by atoms with van der Waals surface area (Å²) < 4.78 is 6.82. The molecule has 2 aromatic carbocycles. The number of hydrogen-bond acceptors (Lipinski definition) is 6. The Balaban J connectivity index is 1.48. The molecule has 1 N–H and O–H groups in total. The summed E-state index contributed by atoms with van der Waals surface area (Å²) in [4.78, 5) is 20.6. The number of aryl methyl sites for hydroxylation is 2. The number of aromatic nitrogens is 2. The van der Waals surface area contributed by atoms with Gasteiger partial charge in [-0.2, -0.15) is 5.10 Å². The monoisotopic (exact) mass is 566 g/mol. The number of nitrogens with zero attached hydrogens (tertiary/aromatic N) is 3. The largest absolute Gasteiger partial charge is 0.488 e. The van der Waals surface area contributed by atoms with E-state index in [2.05, 4.69) is 43.1 Å². The third-order valence-electron chi connectivity index (χ3n) is 3.96. The summed E-state index contributed by atoms with van der Waals surface area (Å²) in [5.74, 6) is 0.748. The molecule has 0 aliphatic rings. The van der Waals surface area contributed by atoms with Gasteiger partial charge in [-0.1, -0.05) is 35.5 Å². The second-order valence-corrected chi connectivity index (χ2v) is 9.16. The summed E-state index contributed by atoms with van der Waals surface area (Å²) in [5.41, 5.74) is 6.18. The average molecular weight is 567 g/mol. The zero-order valence-corrected chi connectivity index (χ0v) is 20.7. The van der Waals surface area contributed by atoms with Crippen LogP contribution in [0.5, 0.6) is 5.75 Å². The van der Waals surface area contributed by atoms with Crippen LogP contribution in [0.2, 0.25) is 5.02 Å². The molecule has 6 nitrogen and oxygen atoms in total. The Morgan fingerprint density at radius 2 is 1.87 bits per heavy atom. The van der Waals surface area contributed by atoms with Gasteiger partial charge >= 0.3 is 0 Å². The fourth-order valence-corrected chi connectivity index (χ4v) is 4.12. The van der Waals surface area contributed by atoms with E-state index < -0.39 is 0 Å². The van der Waals surface area contributed by atoms with Gasteiger partial charge in [-0.3, -0.25) is 4.79 Å². The van der Waals surface area contributed by atoms with E-state index in [9.17, 15) is 4.79 Å². The number of rotatable bonds is 8. The van der Waals surface area contributed by atoms with Crippen LogP contribution in [0.1, 0.15) is 22.5 Å². The predicted octanol–water partition coefficient (Wildman–Crippen LogP) is 5.17. The van der Waals surface area contributed by atoms with Crippen molar-refractivity contribution in [3.8, 4) is 5.75 Å². The zero-order chi connectivity index (χ0) is 22.2. The lowest BCUT2D eigenvalue weighted by atomic mass is 10.2. The Morgan fingerprint density at radius 3 is 2.55 bits per heavy atom. The van der Waals surface area contributed by atoms with Crippen LogP contribution in [-0.2, 0) is 11.4 Å². The van der Waals surface area contributed by atoms with Crippen molar-refractivity contribution in [2.45, 2.75) is 25.6 Å². The predicted molar refractivity (Wildman–Crippen MR) is 133 cm³/mol. The van der Waals surface area contributed by atoms with Crippen molar-refractivity contribution in [1.29, 1.82) is 0 Å². The maximum atomic E-state index is 12.0. The molecular formula is C22H20ClIN4O2S. The highest BCUT2D eigenvalue weighted by molar-refractivity contribution is 14.1. The van der Waals surface area contributed by atoms with E-state index in [4.69, 9.17) is 16.3 Å². The molecule has 0 spiro atoms. The second kappa shape index (κ2) is 11.4. The third kappa shape index (κ3) is 7.79. The van der Waals surface area contributed by atoms with Crippen LogP contribution in [0.4, 0.5) is 0 Å². The minimum atomic E-state index is -0.221. The summed E-state index contributed by atoms with van der Waals surface area (Å²) in [6.07, 6.45) is 1.60. The molecule has 0 atom stereocenters. The van der Waals surface area contributed by atoms with E-state index in [1.165, 1.54) is 11.8 Å². The van der Waals surface area contributed by atoms with E-state index in [0.29, 0.717) is 16.8 Å². The molecule has 0 aliphatic heterocycles. The second-order valence-electron chi connectivity index (χ2n) is 6.62. The third-order valence-corrected chi connectivity index (χ3v) is 5.90. The lowest BCUT2D eigenvalue weighted by Gasteiger charge is -2.09.